The Labute approximate surface area is 207 Å². The number of pyridine rings is 1. The highest BCUT2D eigenvalue weighted by atomic mass is 32.1. The zero-order valence-electron chi connectivity index (χ0n) is 20.4. The molecule has 1 unspecified atom stereocenters. The van der Waals surface area contributed by atoms with Crippen LogP contribution in [0.15, 0.2) is 40.5 Å². The van der Waals surface area contributed by atoms with E-state index in [9.17, 15) is 9.59 Å². The minimum Gasteiger partial charge on any atom is -0.465 e. The van der Waals surface area contributed by atoms with E-state index < -0.39 is 5.97 Å². The number of esters is 1. The van der Waals surface area contributed by atoms with Gasteiger partial charge in [0.1, 0.15) is 6.54 Å². The van der Waals surface area contributed by atoms with Gasteiger partial charge in [0.25, 0.3) is 5.56 Å². The molecule has 0 amide bonds. The fourth-order valence-electron chi connectivity index (χ4n) is 4.43. The zero-order chi connectivity index (χ0) is 24.9. The van der Waals surface area contributed by atoms with Gasteiger partial charge < -0.3 is 9.72 Å². The molecule has 4 aromatic rings. The molecule has 9 nitrogen and oxygen atoms in total. The molecule has 0 aliphatic carbocycles. The van der Waals surface area contributed by atoms with E-state index >= 15 is 0 Å². The van der Waals surface area contributed by atoms with E-state index in [4.69, 9.17) is 4.74 Å². The fraction of sp³-hybridized carbons (Fsp3) is 0.400. The number of thiophene rings is 1. The van der Waals surface area contributed by atoms with E-state index in [1.165, 1.54) is 4.68 Å². The van der Waals surface area contributed by atoms with Crippen LogP contribution in [0.3, 0.4) is 0 Å². The number of tetrazole rings is 1. The van der Waals surface area contributed by atoms with Gasteiger partial charge in [0.05, 0.1) is 12.6 Å². The van der Waals surface area contributed by atoms with Crippen molar-refractivity contribution in [2.24, 2.45) is 0 Å². The molecule has 184 valence electrons. The van der Waals surface area contributed by atoms with Crippen LogP contribution in [0.4, 0.5) is 0 Å². The lowest BCUT2D eigenvalue weighted by Crippen LogP contribution is -2.32. The standard InChI is InChI=1S/C25H30N6O3S/c1-5-22(24-27-28-29-31(24)15-23(32)34-6-2)30(14-19-8-7-9-35-19)13-18-12-20-17(4)10-16(3)11-21(20)26-25(18)33/h7-12,22H,5-6,13-15H2,1-4H3,(H,26,33). The summed E-state index contributed by atoms with van der Waals surface area (Å²) in [5.74, 6) is 0.179. The third-order valence-corrected chi connectivity index (χ3v) is 6.83. The second kappa shape index (κ2) is 10.9. The predicted molar refractivity (Wildman–Crippen MR) is 135 cm³/mol. The van der Waals surface area contributed by atoms with Gasteiger partial charge in [-0.15, -0.1) is 16.4 Å². The molecule has 1 aromatic carbocycles. The Morgan fingerprint density at radius 3 is 2.77 bits per heavy atom. The van der Waals surface area contributed by atoms with E-state index in [0.29, 0.717) is 37.5 Å². The topological polar surface area (TPSA) is 106 Å². The largest absolute Gasteiger partial charge is 0.465 e. The van der Waals surface area contributed by atoms with Crippen molar-refractivity contribution < 1.29 is 9.53 Å². The number of H-pyrrole nitrogens is 1. The Morgan fingerprint density at radius 2 is 2.06 bits per heavy atom. The Hall–Kier alpha value is -3.37. The second-order valence-electron chi connectivity index (χ2n) is 8.57. The van der Waals surface area contributed by atoms with Gasteiger partial charge in [0, 0.05) is 34.4 Å². The van der Waals surface area contributed by atoms with Crippen LogP contribution in [0.5, 0.6) is 0 Å². The number of ether oxygens (including phenoxy) is 1. The first-order chi connectivity index (χ1) is 16.9. The van der Waals surface area contributed by atoms with Gasteiger partial charge in [-0.25, -0.2) is 4.68 Å². The lowest BCUT2D eigenvalue weighted by atomic mass is 10.0. The number of benzene rings is 1. The van der Waals surface area contributed by atoms with Crippen LogP contribution < -0.4 is 5.56 Å². The molecule has 0 bridgehead atoms. The molecule has 3 aromatic heterocycles. The highest BCUT2D eigenvalue weighted by Gasteiger charge is 2.27. The minimum atomic E-state index is -0.391. The summed E-state index contributed by atoms with van der Waals surface area (Å²) in [6.07, 6.45) is 0.693. The lowest BCUT2D eigenvalue weighted by Gasteiger charge is -2.29. The highest BCUT2D eigenvalue weighted by molar-refractivity contribution is 7.09. The van der Waals surface area contributed by atoms with Crippen LogP contribution in [0.2, 0.25) is 0 Å². The summed E-state index contributed by atoms with van der Waals surface area (Å²) in [4.78, 5) is 31.6. The Bertz CT molecular complexity index is 1360. The molecular weight excluding hydrogens is 464 g/mol. The van der Waals surface area contributed by atoms with Gasteiger partial charge in [0.15, 0.2) is 5.82 Å². The van der Waals surface area contributed by atoms with Crippen molar-refractivity contribution in [3.8, 4) is 0 Å². The molecule has 1 N–H and O–H groups in total. The maximum Gasteiger partial charge on any atom is 0.327 e. The maximum absolute atomic E-state index is 13.1. The van der Waals surface area contributed by atoms with E-state index in [2.05, 4.69) is 44.5 Å². The number of carbonyl (C=O) groups excluding carboxylic acids is 1. The number of nitrogens with zero attached hydrogens (tertiary/aromatic N) is 5. The summed E-state index contributed by atoms with van der Waals surface area (Å²) < 4.78 is 6.58. The van der Waals surface area contributed by atoms with Crippen molar-refractivity contribution in [2.75, 3.05) is 6.61 Å². The van der Waals surface area contributed by atoms with Crippen LogP contribution in [0.25, 0.3) is 10.9 Å². The summed E-state index contributed by atoms with van der Waals surface area (Å²) in [6, 6.07) is 9.97. The Kier molecular flexibility index (Phi) is 7.72. The molecule has 0 spiro atoms. The molecule has 4 rings (SSSR count). The molecule has 0 saturated heterocycles. The van der Waals surface area contributed by atoms with Crippen LogP contribution in [-0.4, -0.2) is 42.7 Å². The van der Waals surface area contributed by atoms with Crippen LogP contribution in [0.1, 0.15) is 53.7 Å². The predicted octanol–water partition coefficient (Wildman–Crippen LogP) is 3.91. The number of carbonyl (C=O) groups is 1. The first-order valence-corrected chi connectivity index (χ1v) is 12.6. The number of hydrogen-bond acceptors (Lipinski definition) is 8. The van der Waals surface area contributed by atoms with Crippen molar-refractivity contribution in [1.29, 1.82) is 0 Å². The zero-order valence-corrected chi connectivity index (χ0v) is 21.3. The number of aromatic amines is 1. The summed E-state index contributed by atoms with van der Waals surface area (Å²) >= 11 is 1.66. The Balaban J connectivity index is 1.71. The molecule has 0 aliphatic heterocycles. The average Bonchev–Trinajstić information content (AvgIpc) is 3.48. The number of rotatable bonds is 10. The quantitative estimate of drug-likeness (QED) is 0.333. The van der Waals surface area contributed by atoms with Crippen LogP contribution in [-0.2, 0) is 29.2 Å². The van der Waals surface area contributed by atoms with E-state index in [0.717, 1.165) is 26.9 Å². The molecule has 0 radical (unpaired) electrons. The molecule has 10 heteroatoms. The molecular formula is C25H30N6O3S. The monoisotopic (exact) mass is 494 g/mol. The highest BCUT2D eigenvalue weighted by Crippen LogP contribution is 2.28. The number of nitrogens with one attached hydrogen (secondary N) is 1. The molecule has 0 aliphatic rings. The molecule has 35 heavy (non-hydrogen) atoms. The van der Waals surface area contributed by atoms with E-state index in [1.54, 1.807) is 18.3 Å². The van der Waals surface area contributed by atoms with Gasteiger partial charge in [-0.2, -0.15) is 0 Å². The number of fused-ring (bicyclic) bond motifs is 1. The molecule has 0 fully saturated rings. The summed E-state index contributed by atoms with van der Waals surface area (Å²) in [5, 5.41) is 15.2. The molecule has 0 saturated carbocycles. The molecule has 1 atom stereocenters. The minimum absolute atomic E-state index is 0.0609. The smallest absolute Gasteiger partial charge is 0.327 e. The maximum atomic E-state index is 13.1. The van der Waals surface area contributed by atoms with Crippen molar-refractivity contribution in [1.82, 2.24) is 30.1 Å². The first-order valence-electron chi connectivity index (χ1n) is 11.7. The van der Waals surface area contributed by atoms with Crippen molar-refractivity contribution in [2.45, 2.75) is 59.8 Å². The summed E-state index contributed by atoms with van der Waals surface area (Å²) in [7, 11) is 0. The third-order valence-electron chi connectivity index (χ3n) is 5.97. The Morgan fingerprint density at radius 1 is 1.23 bits per heavy atom. The number of aromatic nitrogens is 5. The number of hydrogen-bond donors (Lipinski definition) is 1. The molecule has 3 heterocycles. The third kappa shape index (κ3) is 5.66. The second-order valence-corrected chi connectivity index (χ2v) is 9.61. The normalized spacial score (nSPS) is 12.4. The van der Waals surface area contributed by atoms with E-state index in [-0.39, 0.29) is 18.1 Å². The van der Waals surface area contributed by atoms with Gasteiger partial charge in [-0.3, -0.25) is 14.5 Å². The number of aryl methyl sites for hydroxylation is 2. The van der Waals surface area contributed by atoms with Crippen molar-refractivity contribution >= 4 is 28.2 Å². The average molecular weight is 495 g/mol. The SMILES string of the molecule is CCOC(=O)Cn1nnnc1C(CC)N(Cc1cccs1)Cc1cc2c(C)cc(C)cc2[nH]c1=O. The van der Waals surface area contributed by atoms with Crippen molar-refractivity contribution in [3.05, 3.63) is 73.5 Å². The summed E-state index contributed by atoms with van der Waals surface area (Å²) in [5.41, 5.74) is 3.62. The van der Waals surface area contributed by atoms with Crippen molar-refractivity contribution in [3.63, 3.8) is 0 Å². The van der Waals surface area contributed by atoms with Crippen LogP contribution >= 0.6 is 11.3 Å². The first kappa shape index (κ1) is 24.7. The van der Waals surface area contributed by atoms with E-state index in [1.807, 2.05) is 37.4 Å². The van der Waals surface area contributed by atoms with Gasteiger partial charge >= 0.3 is 5.97 Å². The lowest BCUT2D eigenvalue weighted by molar-refractivity contribution is -0.144. The van der Waals surface area contributed by atoms with Gasteiger partial charge in [-0.1, -0.05) is 19.1 Å². The fourth-order valence-corrected chi connectivity index (χ4v) is 5.16. The summed E-state index contributed by atoms with van der Waals surface area (Å²) in [6.45, 7) is 9.14. The van der Waals surface area contributed by atoms with Crippen LogP contribution in [0, 0.1) is 13.8 Å². The van der Waals surface area contributed by atoms with Gasteiger partial charge in [0.2, 0.25) is 0 Å². The van der Waals surface area contributed by atoms with Gasteiger partial charge in [-0.05, 0) is 72.3 Å².